The van der Waals surface area contributed by atoms with Crippen molar-refractivity contribution in [3.63, 3.8) is 0 Å². The van der Waals surface area contributed by atoms with Gasteiger partial charge in [0, 0.05) is 11.4 Å². The Hall–Kier alpha value is -0.350. The SMILES string of the molecule is O=C1C(Br)CCCN1Cc1cccs1. The Morgan fingerprint density at radius 3 is 3.21 bits per heavy atom. The monoisotopic (exact) mass is 273 g/mol. The molecule has 76 valence electrons. The number of hydrogen-bond acceptors (Lipinski definition) is 2. The Balaban J connectivity index is 2.00. The molecule has 0 spiro atoms. The van der Waals surface area contributed by atoms with Crippen LogP contribution >= 0.6 is 27.3 Å². The molecule has 0 saturated carbocycles. The number of nitrogens with zero attached hydrogens (tertiary/aromatic N) is 1. The quantitative estimate of drug-likeness (QED) is 0.759. The second kappa shape index (κ2) is 4.45. The molecule has 2 rings (SSSR count). The highest BCUT2D eigenvalue weighted by Gasteiger charge is 2.26. The summed E-state index contributed by atoms with van der Waals surface area (Å²) in [4.78, 5) is 15.0. The maximum absolute atomic E-state index is 11.7. The van der Waals surface area contributed by atoms with Crippen LogP contribution in [-0.4, -0.2) is 22.2 Å². The Bertz CT molecular complexity index is 312. The van der Waals surface area contributed by atoms with Gasteiger partial charge < -0.3 is 4.90 Å². The minimum atomic E-state index is 0.0382. The molecule has 14 heavy (non-hydrogen) atoms. The van der Waals surface area contributed by atoms with E-state index in [-0.39, 0.29) is 10.7 Å². The highest BCUT2D eigenvalue weighted by molar-refractivity contribution is 9.10. The summed E-state index contributed by atoms with van der Waals surface area (Å²) in [6.45, 7) is 1.68. The van der Waals surface area contributed by atoms with Crippen molar-refractivity contribution in [2.24, 2.45) is 0 Å². The first-order chi connectivity index (χ1) is 6.77. The molecule has 1 amide bonds. The molecule has 0 bridgehead atoms. The van der Waals surface area contributed by atoms with Crippen molar-refractivity contribution < 1.29 is 4.79 Å². The number of piperidine rings is 1. The first-order valence-corrected chi connectivity index (χ1v) is 6.52. The number of carbonyl (C=O) groups excluding carboxylic acids is 1. The second-order valence-corrected chi connectivity index (χ2v) is 5.59. The third kappa shape index (κ3) is 2.17. The molecule has 0 aromatic carbocycles. The maximum atomic E-state index is 11.7. The van der Waals surface area contributed by atoms with E-state index in [0.717, 1.165) is 25.9 Å². The van der Waals surface area contributed by atoms with Crippen LogP contribution in [0.15, 0.2) is 17.5 Å². The van der Waals surface area contributed by atoms with Crippen molar-refractivity contribution in [1.82, 2.24) is 4.90 Å². The minimum absolute atomic E-state index is 0.0382. The van der Waals surface area contributed by atoms with Crippen LogP contribution in [0.2, 0.25) is 0 Å². The average molecular weight is 274 g/mol. The predicted molar refractivity (Wildman–Crippen MR) is 61.7 cm³/mol. The van der Waals surface area contributed by atoms with Gasteiger partial charge in [-0.1, -0.05) is 22.0 Å². The van der Waals surface area contributed by atoms with Crippen molar-refractivity contribution in [2.75, 3.05) is 6.54 Å². The van der Waals surface area contributed by atoms with Gasteiger partial charge in [-0.05, 0) is 24.3 Å². The Morgan fingerprint density at radius 1 is 1.64 bits per heavy atom. The van der Waals surface area contributed by atoms with Gasteiger partial charge in [-0.3, -0.25) is 4.79 Å². The summed E-state index contributed by atoms with van der Waals surface area (Å²) < 4.78 is 0. The Labute approximate surface area is 96.0 Å². The Kier molecular flexibility index (Phi) is 3.23. The molecule has 2 heterocycles. The van der Waals surface area contributed by atoms with E-state index in [0.29, 0.717) is 0 Å². The molecule has 1 aliphatic rings. The van der Waals surface area contributed by atoms with Gasteiger partial charge in [0.25, 0.3) is 0 Å². The zero-order valence-corrected chi connectivity index (χ0v) is 10.2. The summed E-state index contributed by atoms with van der Waals surface area (Å²) >= 11 is 5.12. The van der Waals surface area contributed by atoms with E-state index in [4.69, 9.17) is 0 Å². The summed E-state index contributed by atoms with van der Waals surface area (Å²) in [5.41, 5.74) is 0. The molecule has 0 aliphatic carbocycles. The Morgan fingerprint density at radius 2 is 2.50 bits per heavy atom. The molecule has 1 saturated heterocycles. The predicted octanol–water partition coefficient (Wildman–Crippen LogP) is 2.63. The molecule has 1 aromatic heterocycles. The van der Waals surface area contributed by atoms with E-state index < -0.39 is 0 Å². The minimum Gasteiger partial charge on any atom is -0.337 e. The van der Waals surface area contributed by atoms with Crippen molar-refractivity contribution in [3.05, 3.63) is 22.4 Å². The highest BCUT2D eigenvalue weighted by Crippen LogP contribution is 2.21. The van der Waals surface area contributed by atoms with Crippen LogP contribution in [0.25, 0.3) is 0 Å². The molecule has 1 atom stereocenters. The van der Waals surface area contributed by atoms with Crippen molar-refractivity contribution in [2.45, 2.75) is 24.2 Å². The van der Waals surface area contributed by atoms with E-state index in [1.807, 2.05) is 11.0 Å². The molecular weight excluding hydrogens is 262 g/mol. The molecule has 0 radical (unpaired) electrons. The van der Waals surface area contributed by atoms with Crippen LogP contribution in [0, 0.1) is 0 Å². The van der Waals surface area contributed by atoms with Gasteiger partial charge in [-0.25, -0.2) is 0 Å². The molecule has 1 aliphatic heterocycles. The smallest absolute Gasteiger partial charge is 0.236 e. The van der Waals surface area contributed by atoms with E-state index in [2.05, 4.69) is 27.4 Å². The topological polar surface area (TPSA) is 20.3 Å². The lowest BCUT2D eigenvalue weighted by atomic mass is 10.1. The van der Waals surface area contributed by atoms with Gasteiger partial charge in [0.15, 0.2) is 0 Å². The van der Waals surface area contributed by atoms with Gasteiger partial charge in [0.1, 0.15) is 0 Å². The van der Waals surface area contributed by atoms with Crippen LogP contribution < -0.4 is 0 Å². The van der Waals surface area contributed by atoms with E-state index in [1.54, 1.807) is 11.3 Å². The molecule has 2 nitrogen and oxygen atoms in total. The van der Waals surface area contributed by atoms with Gasteiger partial charge in [0.05, 0.1) is 11.4 Å². The number of hydrogen-bond donors (Lipinski definition) is 0. The van der Waals surface area contributed by atoms with Gasteiger partial charge in [-0.2, -0.15) is 0 Å². The van der Waals surface area contributed by atoms with Crippen molar-refractivity contribution in [3.8, 4) is 0 Å². The lowest BCUT2D eigenvalue weighted by Crippen LogP contribution is -2.40. The maximum Gasteiger partial charge on any atom is 0.236 e. The second-order valence-electron chi connectivity index (χ2n) is 3.45. The van der Waals surface area contributed by atoms with E-state index in [1.165, 1.54) is 4.88 Å². The van der Waals surface area contributed by atoms with Crippen molar-refractivity contribution in [1.29, 1.82) is 0 Å². The fraction of sp³-hybridized carbons (Fsp3) is 0.500. The zero-order valence-electron chi connectivity index (χ0n) is 7.78. The van der Waals surface area contributed by atoms with Crippen LogP contribution in [0.3, 0.4) is 0 Å². The first kappa shape index (κ1) is 10.2. The summed E-state index contributed by atoms with van der Waals surface area (Å²) in [5, 5.41) is 2.05. The lowest BCUT2D eigenvalue weighted by molar-refractivity contribution is -0.132. The number of thiophene rings is 1. The highest BCUT2D eigenvalue weighted by atomic mass is 79.9. The summed E-state index contributed by atoms with van der Waals surface area (Å²) in [6.07, 6.45) is 2.08. The number of alkyl halides is 1. The largest absolute Gasteiger partial charge is 0.337 e. The van der Waals surface area contributed by atoms with Gasteiger partial charge in [0.2, 0.25) is 5.91 Å². The first-order valence-electron chi connectivity index (χ1n) is 4.72. The summed E-state index contributed by atoms with van der Waals surface area (Å²) in [6, 6.07) is 4.11. The van der Waals surface area contributed by atoms with Gasteiger partial charge >= 0.3 is 0 Å². The summed E-state index contributed by atoms with van der Waals surface area (Å²) in [5.74, 6) is 0.240. The van der Waals surface area contributed by atoms with Crippen molar-refractivity contribution >= 4 is 33.2 Å². The number of halogens is 1. The third-order valence-electron chi connectivity index (χ3n) is 2.39. The average Bonchev–Trinajstić information content (AvgIpc) is 2.66. The molecule has 1 aromatic rings. The van der Waals surface area contributed by atoms with Gasteiger partial charge in [-0.15, -0.1) is 11.3 Å². The fourth-order valence-corrected chi connectivity index (χ4v) is 2.97. The molecular formula is C10H12BrNOS. The molecule has 1 fully saturated rings. The molecule has 0 N–H and O–H groups in total. The third-order valence-corrected chi connectivity index (χ3v) is 4.10. The number of amides is 1. The fourth-order valence-electron chi connectivity index (χ4n) is 1.64. The van der Waals surface area contributed by atoms with E-state index in [9.17, 15) is 4.79 Å². The summed E-state index contributed by atoms with van der Waals surface area (Å²) in [7, 11) is 0. The lowest BCUT2D eigenvalue weighted by Gasteiger charge is -2.29. The van der Waals surface area contributed by atoms with Crippen LogP contribution in [0.5, 0.6) is 0 Å². The van der Waals surface area contributed by atoms with Crippen LogP contribution in [0.4, 0.5) is 0 Å². The molecule has 4 heteroatoms. The number of likely N-dealkylation sites (tertiary alicyclic amines) is 1. The van der Waals surface area contributed by atoms with Crippen LogP contribution in [0.1, 0.15) is 17.7 Å². The zero-order chi connectivity index (χ0) is 9.97. The van der Waals surface area contributed by atoms with E-state index >= 15 is 0 Å². The number of rotatable bonds is 2. The van der Waals surface area contributed by atoms with Crippen LogP contribution in [-0.2, 0) is 11.3 Å². The normalized spacial score (nSPS) is 22.8. The standard InChI is InChI=1S/C10H12BrNOS/c11-9-4-1-5-12(10(9)13)7-8-3-2-6-14-8/h2-3,6,9H,1,4-5,7H2. The number of carbonyl (C=O) groups is 1. The molecule has 1 unspecified atom stereocenters.